The van der Waals surface area contributed by atoms with Gasteiger partial charge in [0.05, 0.1) is 5.69 Å². The maximum Gasteiger partial charge on any atom is 0.319 e. The largest absolute Gasteiger partial charge is 0.339 e. The molecule has 2 heterocycles. The van der Waals surface area contributed by atoms with Gasteiger partial charge in [0.15, 0.2) is 17.5 Å². The van der Waals surface area contributed by atoms with Crippen molar-refractivity contribution in [2.24, 2.45) is 0 Å². The van der Waals surface area contributed by atoms with Gasteiger partial charge in [0.1, 0.15) is 0 Å². The van der Waals surface area contributed by atoms with Gasteiger partial charge in [-0.15, -0.1) is 0 Å². The second-order valence-corrected chi connectivity index (χ2v) is 6.27. The molecular formula is C18H19F3N6O2. The molecule has 2 N–H and O–H groups in total. The molecule has 1 fully saturated rings. The molecule has 0 spiro atoms. The third-order valence-corrected chi connectivity index (χ3v) is 4.38. The van der Waals surface area contributed by atoms with Crippen molar-refractivity contribution in [3.8, 4) is 0 Å². The van der Waals surface area contributed by atoms with Crippen molar-refractivity contribution in [2.75, 3.05) is 42.9 Å². The summed E-state index contributed by atoms with van der Waals surface area (Å²) in [5.41, 5.74) is -0.494. The Bertz CT molecular complexity index is 875. The molecule has 0 radical (unpaired) electrons. The highest BCUT2D eigenvalue weighted by atomic mass is 19.2. The summed E-state index contributed by atoms with van der Waals surface area (Å²) >= 11 is 0. The van der Waals surface area contributed by atoms with E-state index in [9.17, 15) is 22.8 Å². The van der Waals surface area contributed by atoms with E-state index in [1.165, 1.54) is 0 Å². The Kier molecular flexibility index (Phi) is 6.47. The predicted octanol–water partition coefficient (Wildman–Crippen LogP) is 1.75. The van der Waals surface area contributed by atoms with Crippen molar-refractivity contribution in [1.82, 2.24) is 20.2 Å². The monoisotopic (exact) mass is 408 g/mol. The maximum absolute atomic E-state index is 13.5. The van der Waals surface area contributed by atoms with Crippen LogP contribution in [0.3, 0.4) is 0 Å². The standard InChI is InChI=1S/C18H19F3N6O2/c19-12-2-3-13(16(21)15(12)20)25-18(29)24-7-4-14(28)26-8-10-27(11-9-26)17-22-5-1-6-23-17/h1-3,5-6H,4,7-11H2,(H2,24,25,29). The maximum atomic E-state index is 13.5. The van der Waals surface area contributed by atoms with Crippen molar-refractivity contribution < 1.29 is 22.8 Å². The highest BCUT2D eigenvalue weighted by Crippen LogP contribution is 2.19. The number of amides is 3. The van der Waals surface area contributed by atoms with Gasteiger partial charge in [0.25, 0.3) is 0 Å². The van der Waals surface area contributed by atoms with Crippen LogP contribution < -0.4 is 15.5 Å². The number of halogens is 3. The van der Waals surface area contributed by atoms with Crippen molar-refractivity contribution in [2.45, 2.75) is 6.42 Å². The Labute approximate surface area is 164 Å². The van der Waals surface area contributed by atoms with Crippen LogP contribution in [0.25, 0.3) is 0 Å². The number of anilines is 2. The Morgan fingerprint density at radius 1 is 1.00 bits per heavy atom. The summed E-state index contributed by atoms with van der Waals surface area (Å²) in [7, 11) is 0. The molecule has 29 heavy (non-hydrogen) atoms. The van der Waals surface area contributed by atoms with Gasteiger partial charge in [-0.3, -0.25) is 4.79 Å². The fraction of sp³-hybridized carbons (Fsp3) is 0.333. The smallest absolute Gasteiger partial charge is 0.319 e. The number of urea groups is 1. The molecule has 3 amide bonds. The van der Waals surface area contributed by atoms with Crippen LogP contribution in [-0.2, 0) is 4.79 Å². The van der Waals surface area contributed by atoms with E-state index in [1.807, 2.05) is 4.90 Å². The Balaban J connectivity index is 1.40. The van der Waals surface area contributed by atoms with Crippen LogP contribution in [0, 0.1) is 17.5 Å². The highest BCUT2D eigenvalue weighted by Gasteiger charge is 2.22. The third-order valence-electron chi connectivity index (χ3n) is 4.38. The lowest BCUT2D eigenvalue weighted by Crippen LogP contribution is -2.49. The first kappa shape index (κ1) is 20.4. The normalized spacial score (nSPS) is 13.9. The molecular weight excluding hydrogens is 389 g/mol. The first-order chi connectivity index (χ1) is 14.0. The zero-order chi connectivity index (χ0) is 20.8. The van der Waals surface area contributed by atoms with Crippen molar-refractivity contribution in [1.29, 1.82) is 0 Å². The van der Waals surface area contributed by atoms with E-state index in [0.29, 0.717) is 38.2 Å². The first-order valence-corrected chi connectivity index (χ1v) is 8.94. The van der Waals surface area contributed by atoms with Gasteiger partial charge in [-0.25, -0.2) is 27.9 Å². The van der Waals surface area contributed by atoms with E-state index < -0.39 is 29.2 Å². The molecule has 1 aliphatic rings. The minimum atomic E-state index is -1.67. The van der Waals surface area contributed by atoms with Gasteiger partial charge in [-0.05, 0) is 18.2 Å². The second kappa shape index (κ2) is 9.22. The van der Waals surface area contributed by atoms with E-state index in [0.717, 1.165) is 6.07 Å². The predicted molar refractivity (Wildman–Crippen MR) is 98.8 cm³/mol. The fourth-order valence-corrected chi connectivity index (χ4v) is 2.84. The Hall–Kier alpha value is -3.37. The van der Waals surface area contributed by atoms with Crippen molar-refractivity contribution in [3.05, 3.63) is 48.0 Å². The van der Waals surface area contributed by atoms with Crippen LogP contribution in [-0.4, -0.2) is 59.5 Å². The van der Waals surface area contributed by atoms with Crippen LogP contribution in [0.15, 0.2) is 30.6 Å². The number of benzene rings is 1. The SMILES string of the molecule is O=C(NCCC(=O)N1CCN(c2ncccn2)CC1)Nc1ccc(F)c(F)c1F. The van der Waals surface area contributed by atoms with E-state index in [1.54, 1.807) is 23.4 Å². The molecule has 154 valence electrons. The number of hydrogen-bond donors (Lipinski definition) is 2. The average Bonchev–Trinajstić information content (AvgIpc) is 2.75. The molecule has 1 aromatic heterocycles. The van der Waals surface area contributed by atoms with E-state index in [2.05, 4.69) is 20.6 Å². The quantitative estimate of drug-likeness (QED) is 0.736. The van der Waals surface area contributed by atoms with Gasteiger partial charge in [0.2, 0.25) is 11.9 Å². The lowest BCUT2D eigenvalue weighted by atomic mass is 10.2. The summed E-state index contributed by atoms with van der Waals surface area (Å²) in [5, 5.41) is 4.46. The van der Waals surface area contributed by atoms with Gasteiger partial charge in [-0.2, -0.15) is 0 Å². The molecule has 11 heteroatoms. The van der Waals surface area contributed by atoms with E-state index in [4.69, 9.17) is 0 Å². The number of nitrogens with zero attached hydrogens (tertiary/aromatic N) is 4. The fourth-order valence-electron chi connectivity index (χ4n) is 2.84. The van der Waals surface area contributed by atoms with Crippen LogP contribution in [0.1, 0.15) is 6.42 Å². The van der Waals surface area contributed by atoms with Crippen LogP contribution >= 0.6 is 0 Å². The van der Waals surface area contributed by atoms with Crippen LogP contribution in [0.5, 0.6) is 0 Å². The lowest BCUT2D eigenvalue weighted by molar-refractivity contribution is -0.131. The number of carbonyl (C=O) groups is 2. The summed E-state index contributed by atoms with van der Waals surface area (Å²) in [6, 6.07) is 2.52. The molecule has 3 rings (SSSR count). The number of aromatic nitrogens is 2. The zero-order valence-corrected chi connectivity index (χ0v) is 15.4. The van der Waals surface area contributed by atoms with Crippen LogP contribution in [0.2, 0.25) is 0 Å². The number of nitrogens with one attached hydrogen (secondary N) is 2. The Morgan fingerprint density at radius 3 is 2.38 bits per heavy atom. The molecule has 1 aliphatic heterocycles. The van der Waals surface area contributed by atoms with Gasteiger partial charge in [-0.1, -0.05) is 0 Å². The topological polar surface area (TPSA) is 90.5 Å². The summed E-state index contributed by atoms with van der Waals surface area (Å²) in [5.74, 6) is -4.03. The molecule has 0 saturated carbocycles. The number of piperazine rings is 1. The van der Waals surface area contributed by atoms with E-state index >= 15 is 0 Å². The summed E-state index contributed by atoms with van der Waals surface area (Å²) in [6.45, 7) is 2.21. The molecule has 2 aromatic rings. The molecule has 8 nitrogen and oxygen atoms in total. The second-order valence-electron chi connectivity index (χ2n) is 6.27. The van der Waals surface area contributed by atoms with Crippen molar-refractivity contribution >= 4 is 23.6 Å². The highest BCUT2D eigenvalue weighted by molar-refractivity contribution is 5.89. The minimum absolute atomic E-state index is 0.0119. The molecule has 0 atom stereocenters. The average molecular weight is 408 g/mol. The Morgan fingerprint density at radius 2 is 1.69 bits per heavy atom. The molecule has 1 aromatic carbocycles. The van der Waals surface area contributed by atoms with Gasteiger partial charge in [0, 0.05) is 51.5 Å². The third kappa shape index (κ3) is 5.12. The number of carbonyl (C=O) groups excluding carboxylic acids is 2. The van der Waals surface area contributed by atoms with Crippen molar-refractivity contribution in [3.63, 3.8) is 0 Å². The zero-order valence-electron chi connectivity index (χ0n) is 15.4. The number of rotatable bonds is 5. The first-order valence-electron chi connectivity index (χ1n) is 8.94. The van der Waals surface area contributed by atoms with E-state index in [-0.39, 0.29) is 18.9 Å². The molecule has 1 saturated heterocycles. The number of hydrogen-bond acceptors (Lipinski definition) is 5. The molecule has 0 unspecified atom stereocenters. The minimum Gasteiger partial charge on any atom is -0.339 e. The molecule has 0 bridgehead atoms. The summed E-state index contributed by atoms with van der Waals surface area (Å²) < 4.78 is 39.6. The van der Waals surface area contributed by atoms with Gasteiger partial charge >= 0.3 is 6.03 Å². The lowest BCUT2D eigenvalue weighted by Gasteiger charge is -2.34. The van der Waals surface area contributed by atoms with Crippen LogP contribution in [0.4, 0.5) is 29.6 Å². The molecule has 0 aliphatic carbocycles. The van der Waals surface area contributed by atoms with Gasteiger partial charge < -0.3 is 20.4 Å². The summed E-state index contributed by atoms with van der Waals surface area (Å²) in [6.07, 6.45) is 3.36. The summed E-state index contributed by atoms with van der Waals surface area (Å²) in [4.78, 5) is 36.0.